The van der Waals surface area contributed by atoms with Crippen LogP contribution in [0.5, 0.6) is 11.5 Å². The van der Waals surface area contributed by atoms with Gasteiger partial charge in [0.25, 0.3) is 11.5 Å². The monoisotopic (exact) mass is 527 g/mol. The maximum absolute atomic E-state index is 13.6. The SMILES string of the molecule is CCOc1ccccc1-n1c(CCN2CCN(C(=O)COc3ccc(N)cc3)CC2)nc2ccccc2c1=O. The van der Waals surface area contributed by atoms with Gasteiger partial charge in [0.2, 0.25) is 0 Å². The summed E-state index contributed by atoms with van der Waals surface area (Å²) in [6, 6.07) is 22.0. The predicted molar refractivity (Wildman–Crippen MR) is 152 cm³/mol. The zero-order valence-corrected chi connectivity index (χ0v) is 22.1. The second-order valence-electron chi connectivity index (χ2n) is 9.42. The second-order valence-corrected chi connectivity index (χ2v) is 9.42. The minimum atomic E-state index is -0.112. The lowest BCUT2D eigenvalue weighted by Gasteiger charge is -2.34. The zero-order chi connectivity index (χ0) is 27.2. The molecule has 39 heavy (non-hydrogen) atoms. The first kappa shape index (κ1) is 26.2. The Morgan fingerprint density at radius 1 is 0.923 bits per heavy atom. The van der Waals surface area contributed by atoms with Gasteiger partial charge >= 0.3 is 0 Å². The van der Waals surface area contributed by atoms with Crippen LogP contribution in [0.2, 0.25) is 0 Å². The van der Waals surface area contributed by atoms with E-state index in [1.807, 2.05) is 54.3 Å². The first-order valence-electron chi connectivity index (χ1n) is 13.2. The lowest BCUT2D eigenvalue weighted by molar-refractivity contribution is -0.135. The number of ether oxygens (including phenoxy) is 2. The molecule has 0 radical (unpaired) electrons. The van der Waals surface area contributed by atoms with Gasteiger partial charge in [-0.1, -0.05) is 24.3 Å². The average molecular weight is 528 g/mol. The average Bonchev–Trinajstić information content (AvgIpc) is 2.97. The molecule has 202 valence electrons. The summed E-state index contributed by atoms with van der Waals surface area (Å²) in [5.41, 5.74) is 7.61. The number of anilines is 1. The van der Waals surface area contributed by atoms with Crippen LogP contribution in [0.3, 0.4) is 0 Å². The number of piperazine rings is 1. The van der Waals surface area contributed by atoms with Gasteiger partial charge < -0.3 is 20.1 Å². The Kier molecular flexibility index (Phi) is 8.07. The molecule has 1 fully saturated rings. The molecule has 0 spiro atoms. The molecule has 0 bridgehead atoms. The first-order valence-corrected chi connectivity index (χ1v) is 13.2. The van der Waals surface area contributed by atoms with E-state index in [9.17, 15) is 9.59 Å². The fourth-order valence-electron chi connectivity index (χ4n) is 4.79. The van der Waals surface area contributed by atoms with Crippen LogP contribution in [0.1, 0.15) is 12.7 Å². The first-order chi connectivity index (χ1) is 19.0. The number of nitrogens with two attached hydrogens (primary N) is 1. The molecule has 1 aliphatic heterocycles. The Hall–Kier alpha value is -4.37. The minimum Gasteiger partial charge on any atom is -0.492 e. The number of carbonyl (C=O) groups is 1. The van der Waals surface area contributed by atoms with E-state index in [1.165, 1.54) is 0 Å². The zero-order valence-electron chi connectivity index (χ0n) is 22.1. The van der Waals surface area contributed by atoms with Crippen LogP contribution in [0.15, 0.2) is 77.6 Å². The molecular formula is C30H33N5O4. The quantitative estimate of drug-likeness (QED) is 0.334. The van der Waals surface area contributed by atoms with Gasteiger partial charge in [-0.05, 0) is 55.5 Å². The maximum atomic E-state index is 13.6. The molecule has 9 heteroatoms. The third kappa shape index (κ3) is 6.04. The molecule has 3 aromatic carbocycles. The molecule has 9 nitrogen and oxygen atoms in total. The van der Waals surface area contributed by atoms with Crippen molar-refractivity contribution < 1.29 is 14.3 Å². The third-order valence-electron chi connectivity index (χ3n) is 6.87. The summed E-state index contributed by atoms with van der Waals surface area (Å²) in [6.45, 7) is 5.84. The number of hydrogen-bond donors (Lipinski definition) is 1. The largest absolute Gasteiger partial charge is 0.492 e. The number of carbonyl (C=O) groups excluding carboxylic acids is 1. The van der Waals surface area contributed by atoms with Crippen molar-refractivity contribution in [2.24, 2.45) is 0 Å². The number of nitrogen functional groups attached to an aromatic ring is 1. The lowest BCUT2D eigenvalue weighted by Crippen LogP contribution is -2.50. The van der Waals surface area contributed by atoms with Gasteiger partial charge in [0.15, 0.2) is 6.61 Å². The van der Waals surface area contributed by atoms with Crippen LogP contribution in [0.4, 0.5) is 5.69 Å². The van der Waals surface area contributed by atoms with Gasteiger partial charge in [-0.2, -0.15) is 0 Å². The predicted octanol–water partition coefficient (Wildman–Crippen LogP) is 3.13. The summed E-state index contributed by atoms with van der Waals surface area (Å²) in [5.74, 6) is 1.91. The van der Waals surface area contributed by atoms with Crippen LogP contribution >= 0.6 is 0 Å². The summed E-state index contributed by atoms with van der Waals surface area (Å²) < 4.78 is 13.2. The van der Waals surface area contributed by atoms with E-state index in [4.69, 9.17) is 20.2 Å². The van der Waals surface area contributed by atoms with Crippen molar-refractivity contribution in [1.82, 2.24) is 19.4 Å². The summed E-state index contributed by atoms with van der Waals surface area (Å²) >= 11 is 0. The van der Waals surface area contributed by atoms with Crippen molar-refractivity contribution in [3.63, 3.8) is 0 Å². The highest BCUT2D eigenvalue weighted by atomic mass is 16.5. The Labute approximate surface area is 227 Å². The van der Waals surface area contributed by atoms with Gasteiger partial charge in [-0.15, -0.1) is 0 Å². The van der Waals surface area contributed by atoms with Crippen LogP contribution in [-0.4, -0.2) is 71.2 Å². The van der Waals surface area contributed by atoms with Gasteiger partial charge in [-0.3, -0.25) is 19.1 Å². The molecule has 1 aromatic heterocycles. The van der Waals surface area contributed by atoms with Crippen molar-refractivity contribution in [3.05, 3.63) is 89.0 Å². The molecule has 1 amide bonds. The van der Waals surface area contributed by atoms with Crippen LogP contribution < -0.4 is 20.8 Å². The molecule has 0 atom stereocenters. The van der Waals surface area contributed by atoms with Gasteiger partial charge in [-0.25, -0.2) is 4.98 Å². The highest BCUT2D eigenvalue weighted by Crippen LogP contribution is 2.24. The van der Waals surface area contributed by atoms with E-state index in [-0.39, 0.29) is 18.1 Å². The number of para-hydroxylation sites is 3. The molecule has 2 N–H and O–H groups in total. The molecule has 0 aliphatic carbocycles. The number of benzene rings is 3. The summed E-state index contributed by atoms with van der Waals surface area (Å²) in [6.07, 6.45) is 0.578. The van der Waals surface area contributed by atoms with Crippen LogP contribution in [0.25, 0.3) is 16.6 Å². The minimum absolute atomic E-state index is 0.00353. The fourth-order valence-corrected chi connectivity index (χ4v) is 4.79. The van der Waals surface area contributed by atoms with Gasteiger partial charge in [0.1, 0.15) is 17.3 Å². The van der Waals surface area contributed by atoms with Crippen molar-refractivity contribution in [2.75, 3.05) is 51.7 Å². The van der Waals surface area contributed by atoms with Crippen LogP contribution in [-0.2, 0) is 11.2 Å². The molecule has 1 saturated heterocycles. The molecule has 0 unspecified atom stereocenters. The highest BCUT2D eigenvalue weighted by molar-refractivity contribution is 5.78. The maximum Gasteiger partial charge on any atom is 0.266 e. The molecular weight excluding hydrogens is 494 g/mol. The topological polar surface area (TPSA) is 103 Å². The Morgan fingerprint density at radius 3 is 2.41 bits per heavy atom. The standard InChI is InChI=1S/C30H33N5O4/c1-2-38-27-10-6-5-9-26(27)35-28(32-25-8-4-3-7-24(25)30(35)37)15-16-33-17-19-34(20-18-33)29(36)21-39-23-13-11-22(31)12-14-23/h3-14H,2,15-21,31H2,1H3. The van der Waals surface area contributed by atoms with E-state index >= 15 is 0 Å². The van der Waals surface area contributed by atoms with Gasteiger partial charge in [0, 0.05) is 44.8 Å². The normalized spacial score (nSPS) is 13.9. The lowest BCUT2D eigenvalue weighted by atomic mass is 10.2. The molecule has 2 heterocycles. The van der Waals surface area contributed by atoms with E-state index in [0.717, 1.165) is 13.1 Å². The number of hydrogen-bond acceptors (Lipinski definition) is 7. The third-order valence-corrected chi connectivity index (χ3v) is 6.87. The van der Waals surface area contributed by atoms with Crippen molar-refractivity contribution in [3.8, 4) is 17.2 Å². The number of rotatable bonds is 9. The molecule has 5 rings (SSSR count). The number of amides is 1. The van der Waals surface area contributed by atoms with Crippen molar-refractivity contribution >= 4 is 22.5 Å². The highest BCUT2D eigenvalue weighted by Gasteiger charge is 2.22. The number of aromatic nitrogens is 2. The summed E-state index contributed by atoms with van der Waals surface area (Å²) in [4.78, 5) is 35.3. The second kappa shape index (κ2) is 12.0. The molecule has 4 aromatic rings. The number of nitrogens with zero attached hydrogens (tertiary/aromatic N) is 4. The Bertz CT molecular complexity index is 1490. The van der Waals surface area contributed by atoms with E-state index in [1.54, 1.807) is 34.9 Å². The van der Waals surface area contributed by atoms with E-state index in [2.05, 4.69) is 4.90 Å². The van der Waals surface area contributed by atoms with E-state index in [0.29, 0.717) is 72.3 Å². The molecule has 0 saturated carbocycles. The Balaban J connectivity index is 1.26. The van der Waals surface area contributed by atoms with E-state index < -0.39 is 0 Å². The smallest absolute Gasteiger partial charge is 0.266 e. The Morgan fingerprint density at radius 2 is 1.64 bits per heavy atom. The van der Waals surface area contributed by atoms with Crippen molar-refractivity contribution in [2.45, 2.75) is 13.3 Å². The fraction of sp³-hybridized carbons (Fsp3) is 0.300. The summed E-state index contributed by atoms with van der Waals surface area (Å²) in [5, 5.41) is 0.570. The van der Waals surface area contributed by atoms with Gasteiger partial charge in [0.05, 0.1) is 23.2 Å². The summed E-state index contributed by atoms with van der Waals surface area (Å²) in [7, 11) is 0. The number of fused-ring (bicyclic) bond motifs is 1. The van der Waals surface area contributed by atoms with Crippen molar-refractivity contribution in [1.29, 1.82) is 0 Å². The molecule has 1 aliphatic rings. The van der Waals surface area contributed by atoms with Crippen LogP contribution in [0, 0.1) is 0 Å².